The van der Waals surface area contributed by atoms with Crippen molar-refractivity contribution in [3.8, 4) is 11.1 Å². The number of nitrogens with zero attached hydrogens (tertiary/aromatic N) is 1. The summed E-state index contributed by atoms with van der Waals surface area (Å²) >= 11 is 6.37. The Morgan fingerprint density at radius 2 is 1.47 bits per heavy atom. The quantitative estimate of drug-likeness (QED) is 0.745. The lowest BCUT2D eigenvalue weighted by Gasteiger charge is -2.25. The van der Waals surface area contributed by atoms with Crippen LogP contribution in [0.4, 0.5) is 0 Å². The van der Waals surface area contributed by atoms with Crippen molar-refractivity contribution in [2.45, 2.75) is 5.64 Å². The normalized spacial score (nSPS) is 19.5. The Labute approximate surface area is 119 Å². The molecular weight excluding hydrogens is 277 g/mol. The van der Waals surface area contributed by atoms with Gasteiger partial charge in [0.05, 0.1) is 7.01 Å². The second-order valence-electron chi connectivity index (χ2n) is 4.79. The predicted molar refractivity (Wildman–Crippen MR) is 80.9 cm³/mol. The third kappa shape index (κ3) is 1.87. The van der Waals surface area contributed by atoms with Crippen molar-refractivity contribution >= 4 is 17.9 Å². The van der Waals surface area contributed by atoms with E-state index in [1.54, 1.807) is 14.1 Å². The van der Waals surface area contributed by atoms with Crippen LogP contribution in [-0.4, -0.2) is 18.8 Å². The fraction of sp³-hybridized carbons (Fsp3) is 0.200. The van der Waals surface area contributed by atoms with Crippen LogP contribution in [0.5, 0.6) is 0 Å². The first-order valence-electron chi connectivity index (χ1n) is 6.57. The van der Waals surface area contributed by atoms with E-state index in [1.165, 1.54) is 4.67 Å². The second kappa shape index (κ2) is 4.49. The van der Waals surface area contributed by atoms with Crippen LogP contribution in [0.1, 0.15) is 18.1 Å². The lowest BCUT2D eigenvalue weighted by atomic mass is 10.1. The van der Waals surface area contributed by atoms with Gasteiger partial charge in [0.2, 0.25) is 6.65 Å². The summed E-state index contributed by atoms with van der Waals surface area (Å²) in [6.45, 7) is -3.42. The summed E-state index contributed by atoms with van der Waals surface area (Å²) in [5, 5.41) is 0. The van der Waals surface area contributed by atoms with E-state index in [-0.39, 0.29) is 0 Å². The minimum atomic E-state index is -3.42. The average Bonchev–Trinajstić information content (AvgIpc) is 2.71. The first kappa shape index (κ1) is 11.7. The molecule has 0 aliphatic heterocycles. The molecule has 1 atom stereocenters. The fourth-order valence-electron chi connectivity index (χ4n) is 2.49. The van der Waals surface area contributed by atoms with Gasteiger partial charge in [0.1, 0.15) is 0 Å². The molecule has 3 rings (SSSR count). The highest BCUT2D eigenvalue weighted by molar-refractivity contribution is 7.87. The number of halogens is 1. The average molecular weight is 293 g/mol. The van der Waals surface area contributed by atoms with E-state index in [4.69, 9.17) is 12.6 Å². The van der Waals surface area contributed by atoms with Gasteiger partial charge in [0.15, 0.2) is 0 Å². The monoisotopic (exact) mass is 292 g/mol. The molecule has 1 aliphatic rings. The molecule has 2 aromatic rings. The molecule has 19 heavy (non-hydrogen) atoms. The summed E-state index contributed by atoms with van der Waals surface area (Å²) in [5.41, 5.74) is 1.90. The largest absolute Gasteiger partial charge is 0.288 e. The summed E-state index contributed by atoms with van der Waals surface area (Å²) in [7, 11) is 3.32. The molecule has 0 saturated heterocycles. The van der Waals surface area contributed by atoms with Crippen LogP contribution in [0.2, 0.25) is 0 Å². The van der Waals surface area contributed by atoms with Gasteiger partial charge in [-0.05, 0) is 47.6 Å². The molecule has 2 nitrogen and oxygen atoms in total. The van der Waals surface area contributed by atoms with Crippen LogP contribution >= 0.6 is 17.9 Å². The van der Waals surface area contributed by atoms with Crippen molar-refractivity contribution in [3.05, 3.63) is 59.7 Å². The van der Waals surface area contributed by atoms with E-state index in [0.717, 1.165) is 11.1 Å². The van der Waals surface area contributed by atoms with Crippen molar-refractivity contribution < 1.29 is 5.94 Å². The summed E-state index contributed by atoms with van der Waals surface area (Å²) in [4.78, 5) is 0. The maximum absolute atomic E-state index is 13.1. The van der Waals surface area contributed by atoms with Gasteiger partial charge in [0.25, 0.3) is 0 Å². The van der Waals surface area contributed by atoms with Crippen LogP contribution in [0, 0.1) is 0 Å². The predicted octanol–water partition coefficient (Wildman–Crippen LogP) is 4.75. The molecule has 0 saturated carbocycles. The molecular formula is C15H15ClNOP. The van der Waals surface area contributed by atoms with Crippen molar-refractivity contribution in [1.29, 1.82) is 0 Å². The second-order valence-corrected chi connectivity index (χ2v) is 8.42. The molecule has 0 N–H and O–H groups in total. The van der Waals surface area contributed by atoms with Crippen molar-refractivity contribution in [3.63, 3.8) is 0 Å². The maximum atomic E-state index is 13.1. The zero-order chi connectivity index (χ0) is 14.5. The molecule has 0 radical (unpaired) electrons. The Bertz CT molecular complexity index is 686. The summed E-state index contributed by atoms with van der Waals surface area (Å²) in [6, 6.07) is 15.2. The van der Waals surface area contributed by atoms with E-state index in [0.29, 0.717) is 11.1 Å². The highest BCUT2D eigenvalue weighted by Gasteiger charge is 2.42. The molecule has 98 valence electrons. The van der Waals surface area contributed by atoms with Gasteiger partial charge < -0.3 is 0 Å². The van der Waals surface area contributed by atoms with E-state index in [9.17, 15) is 4.57 Å². The standard InChI is InChI=1S/C15H15ClNOP/c1-17(2)19(16,18)15-13-9-5-3-7-11(13)12-8-4-6-10-14(12)15/h3-10,15H,1-2H3/i15D. The van der Waals surface area contributed by atoms with Crippen molar-refractivity contribution in [1.82, 2.24) is 4.67 Å². The molecule has 0 bridgehead atoms. The van der Waals surface area contributed by atoms with Gasteiger partial charge in [-0.2, -0.15) is 0 Å². The molecule has 4 heteroatoms. The highest BCUT2D eigenvalue weighted by atomic mass is 35.7. The van der Waals surface area contributed by atoms with Crippen LogP contribution in [0.25, 0.3) is 11.1 Å². The minimum absolute atomic E-state index is 0.716. The number of rotatable bonds is 2. The van der Waals surface area contributed by atoms with Crippen LogP contribution in [-0.2, 0) is 4.57 Å². The molecule has 0 heterocycles. The minimum Gasteiger partial charge on any atom is -0.288 e. The van der Waals surface area contributed by atoms with Crippen LogP contribution in [0.3, 0.4) is 0 Å². The summed E-state index contributed by atoms with van der Waals surface area (Å²) in [5.74, 6) is 0. The number of fused-ring (bicyclic) bond motifs is 3. The van der Waals surface area contributed by atoms with E-state index >= 15 is 0 Å². The van der Waals surface area contributed by atoms with E-state index in [1.807, 2.05) is 48.5 Å². The van der Waals surface area contributed by atoms with Crippen molar-refractivity contribution in [2.75, 3.05) is 14.1 Å². The van der Waals surface area contributed by atoms with E-state index < -0.39 is 12.3 Å². The Morgan fingerprint density at radius 1 is 1.05 bits per heavy atom. The van der Waals surface area contributed by atoms with Gasteiger partial charge in [-0.3, -0.25) is 4.57 Å². The topological polar surface area (TPSA) is 20.3 Å². The molecule has 0 fully saturated rings. The zero-order valence-corrected chi connectivity index (χ0v) is 12.4. The lowest BCUT2D eigenvalue weighted by Crippen LogP contribution is -2.10. The van der Waals surface area contributed by atoms with Gasteiger partial charge in [0, 0.05) is 0 Å². The fourth-order valence-corrected chi connectivity index (χ4v) is 4.42. The number of hydrogen-bond donors (Lipinski definition) is 0. The first-order chi connectivity index (χ1) is 9.40. The first-order valence-corrected chi connectivity index (χ1v) is 8.64. The van der Waals surface area contributed by atoms with Crippen molar-refractivity contribution in [2.24, 2.45) is 0 Å². The van der Waals surface area contributed by atoms with Gasteiger partial charge >= 0.3 is 0 Å². The molecule has 1 aliphatic carbocycles. The summed E-state index contributed by atoms with van der Waals surface area (Å²) < 4.78 is 23.5. The van der Waals surface area contributed by atoms with Gasteiger partial charge in [-0.25, -0.2) is 4.67 Å². The molecule has 0 aromatic heterocycles. The van der Waals surface area contributed by atoms with Gasteiger partial charge in [-0.1, -0.05) is 48.5 Å². The zero-order valence-electron chi connectivity index (χ0n) is 11.8. The van der Waals surface area contributed by atoms with Crippen LogP contribution < -0.4 is 0 Å². The number of benzene rings is 2. The summed E-state index contributed by atoms with van der Waals surface area (Å²) in [6.07, 6.45) is 0. The third-order valence-electron chi connectivity index (χ3n) is 3.44. The van der Waals surface area contributed by atoms with E-state index in [2.05, 4.69) is 0 Å². The molecule has 2 aromatic carbocycles. The van der Waals surface area contributed by atoms with Crippen LogP contribution in [0.15, 0.2) is 48.5 Å². The Morgan fingerprint density at radius 3 is 1.89 bits per heavy atom. The smallest absolute Gasteiger partial charge is 0.245 e. The third-order valence-corrected chi connectivity index (χ3v) is 6.92. The number of hydrogen-bond acceptors (Lipinski definition) is 1. The van der Waals surface area contributed by atoms with Gasteiger partial charge in [-0.15, -0.1) is 0 Å². The molecule has 1 unspecified atom stereocenters. The lowest BCUT2D eigenvalue weighted by molar-refractivity contribution is 0.523. The Kier molecular flexibility index (Phi) is 2.77. The highest BCUT2D eigenvalue weighted by Crippen LogP contribution is 2.71. The molecule has 0 spiro atoms. The SMILES string of the molecule is [2H]C1(P(=O)(Cl)N(C)C)c2ccccc2-c2ccccc21. The Hall–Kier alpha value is -1.08. The maximum Gasteiger partial charge on any atom is 0.245 e. The molecule has 0 amide bonds. The Balaban J connectivity index is 2.40.